The zero-order valence-electron chi connectivity index (χ0n) is 12.7. The molecular weight excluding hydrogens is 224 g/mol. The first kappa shape index (κ1) is 15.9. The quantitative estimate of drug-likeness (QED) is 0.761. The smallest absolute Gasteiger partial charge is 0.0767 e. The van der Waals surface area contributed by atoms with E-state index in [0.717, 1.165) is 32.0 Å². The average Bonchev–Trinajstić information content (AvgIpc) is 2.44. The van der Waals surface area contributed by atoms with Crippen LogP contribution in [0, 0.1) is 5.92 Å². The third-order valence-corrected chi connectivity index (χ3v) is 4.80. The maximum atomic E-state index is 6.18. The molecule has 0 aromatic rings. The average molecular weight is 256 g/mol. The summed E-state index contributed by atoms with van der Waals surface area (Å²) < 4.78 is 5.77. The van der Waals surface area contributed by atoms with Crippen molar-refractivity contribution in [3.63, 3.8) is 0 Å². The van der Waals surface area contributed by atoms with Gasteiger partial charge in [-0.1, -0.05) is 40.0 Å². The van der Waals surface area contributed by atoms with Crippen molar-refractivity contribution in [1.29, 1.82) is 0 Å². The predicted octanol–water partition coefficient (Wildman–Crippen LogP) is 2.64. The molecule has 1 rings (SSSR count). The van der Waals surface area contributed by atoms with Gasteiger partial charge >= 0.3 is 0 Å². The maximum absolute atomic E-state index is 6.18. The van der Waals surface area contributed by atoms with E-state index in [0.29, 0.717) is 6.10 Å². The molecule has 3 unspecified atom stereocenters. The van der Waals surface area contributed by atoms with Crippen LogP contribution in [0.3, 0.4) is 0 Å². The minimum Gasteiger partial charge on any atom is -0.379 e. The molecule has 1 fully saturated rings. The van der Waals surface area contributed by atoms with Gasteiger partial charge < -0.3 is 10.5 Å². The summed E-state index contributed by atoms with van der Waals surface area (Å²) in [6.07, 6.45) is 6.45. The molecule has 18 heavy (non-hydrogen) atoms. The summed E-state index contributed by atoms with van der Waals surface area (Å²) in [6.45, 7) is 9.78. The lowest BCUT2D eigenvalue weighted by Crippen LogP contribution is -2.63. The molecule has 0 spiro atoms. The van der Waals surface area contributed by atoms with Crippen molar-refractivity contribution in [3.05, 3.63) is 0 Å². The Morgan fingerprint density at radius 2 is 2.11 bits per heavy atom. The molecule has 3 nitrogen and oxygen atoms in total. The molecule has 0 aromatic heterocycles. The Hall–Kier alpha value is -0.120. The van der Waals surface area contributed by atoms with Gasteiger partial charge in [-0.3, -0.25) is 4.90 Å². The lowest BCUT2D eigenvalue weighted by atomic mass is 9.77. The molecule has 3 heteroatoms. The van der Waals surface area contributed by atoms with Crippen LogP contribution < -0.4 is 5.73 Å². The lowest BCUT2D eigenvalue weighted by Gasteiger charge is -2.50. The Bertz CT molecular complexity index is 235. The summed E-state index contributed by atoms with van der Waals surface area (Å²) >= 11 is 0. The summed E-state index contributed by atoms with van der Waals surface area (Å²) in [4.78, 5) is 2.59. The minimum absolute atomic E-state index is 0.0746. The van der Waals surface area contributed by atoms with Crippen LogP contribution in [0.2, 0.25) is 0 Å². The fourth-order valence-corrected chi connectivity index (χ4v) is 3.38. The van der Waals surface area contributed by atoms with Gasteiger partial charge in [-0.2, -0.15) is 0 Å². The molecule has 1 saturated carbocycles. The summed E-state index contributed by atoms with van der Waals surface area (Å²) in [5.74, 6) is 0.729. The van der Waals surface area contributed by atoms with E-state index in [2.05, 4.69) is 25.7 Å². The lowest BCUT2D eigenvalue weighted by molar-refractivity contribution is -0.0779. The Morgan fingerprint density at radius 1 is 1.39 bits per heavy atom. The van der Waals surface area contributed by atoms with E-state index in [9.17, 15) is 0 Å². The highest BCUT2D eigenvalue weighted by molar-refractivity contribution is 5.01. The number of methoxy groups -OCH3 is 1. The van der Waals surface area contributed by atoms with Gasteiger partial charge in [0.15, 0.2) is 0 Å². The molecule has 0 aromatic carbocycles. The first-order valence-corrected chi connectivity index (χ1v) is 7.62. The normalized spacial score (nSPS) is 30.7. The van der Waals surface area contributed by atoms with Gasteiger partial charge in [0.2, 0.25) is 0 Å². The summed E-state index contributed by atoms with van der Waals surface area (Å²) in [6, 6.07) is 0. The van der Waals surface area contributed by atoms with Crippen molar-refractivity contribution in [3.8, 4) is 0 Å². The number of likely N-dealkylation sites (N-methyl/N-ethyl adjacent to an activating group) is 1. The monoisotopic (exact) mass is 256 g/mol. The number of ether oxygens (including phenoxy) is 1. The van der Waals surface area contributed by atoms with E-state index in [4.69, 9.17) is 10.5 Å². The molecule has 0 heterocycles. The zero-order valence-corrected chi connectivity index (χ0v) is 12.7. The van der Waals surface area contributed by atoms with Crippen LogP contribution >= 0.6 is 0 Å². The largest absolute Gasteiger partial charge is 0.379 e. The van der Waals surface area contributed by atoms with Crippen molar-refractivity contribution >= 4 is 0 Å². The molecule has 0 amide bonds. The number of hydrogen-bond donors (Lipinski definition) is 1. The maximum Gasteiger partial charge on any atom is 0.0767 e. The molecule has 1 aliphatic rings. The second kappa shape index (κ2) is 7.46. The minimum atomic E-state index is 0.0746. The topological polar surface area (TPSA) is 38.5 Å². The second-order valence-corrected chi connectivity index (χ2v) is 5.83. The molecule has 0 bridgehead atoms. The first-order chi connectivity index (χ1) is 8.64. The van der Waals surface area contributed by atoms with E-state index < -0.39 is 0 Å². The summed E-state index contributed by atoms with van der Waals surface area (Å²) in [5.41, 5.74) is 6.25. The van der Waals surface area contributed by atoms with Crippen LogP contribution in [0.4, 0.5) is 0 Å². The predicted molar refractivity (Wildman–Crippen MR) is 77.8 cm³/mol. The van der Waals surface area contributed by atoms with Crippen LogP contribution in [-0.2, 0) is 4.74 Å². The van der Waals surface area contributed by atoms with Crippen LogP contribution in [0.25, 0.3) is 0 Å². The fraction of sp³-hybridized carbons (Fsp3) is 1.00. The highest BCUT2D eigenvalue weighted by Gasteiger charge is 2.44. The first-order valence-electron chi connectivity index (χ1n) is 7.62. The van der Waals surface area contributed by atoms with Crippen molar-refractivity contribution in [2.24, 2.45) is 11.7 Å². The van der Waals surface area contributed by atoms with Crippen molar-refractivity contribution in [1.82, 2.24) is 4.90 Å². The van der Waals surface area contributed by atoms with Gasteiger partial charge in [0, 0.05) is 20.2 Å². The molecule has 3 atom stereocenters. The number of rotatable bonds is 7. The molecule has 0 radical (unpaired) electrons. The van der Waals surface area contributed by atoms with Gasteiger partial charge in [-0.15, -0.1) is 0 Å². The van der Waals surface area contributed by atoms with Crippen LogP contribution in [0.1, 0.15) is 52.9 Å². The van der Waals surface area contributed by atoms with Crippen LogP contribution in [0.5, 0.6) is 0 Å². The SMILES string of the molecule is CCC(C)CN(CC)C1(CN)CCCCC1OC. The van der Waals surface area contributed by atoms with E-state index >= 15 is 0 Å². The molecular formula is C15H32N2O. The molecule has 1 aliphatic carbocycles. The Labute approximate surface area is 113 Å². The van der Waals surface area contributed by atoms with Crippen molar-refractivity contribution < 1.29 is 4.74 Å². The summed E-state index contributed by atoms with van der Waals surface area (Å²) in [7, 11) is 1.84. The standard InChI is InChI=1S/C15H32N2O/c1-5-13(3)11-17(6-2)15(12-16)10-8-7-9-14(15)18-4/h13-14H,5-12,16H2,1-4H3. The molecule has 0 saturated heterocycles. The number of nitrogens with zero attached hydrogens (tertiary/aromatic N) is 1. The van der Waals surface area contributed by atoms with E-state index in [1.807, 2.05) is 7.11 Å². The van der Waals surface area contributed by atoms with Crippen molar-refractivity contribution in [2.45, 2.75) is 64.5 Å². The van der Waals surface area contributed by atoms with E-state index in [1.54, 1.807) is 0 Å². The Kier molecular flexibility index (Phi) is 6.61. The third kappa shape index (κ3) is 3.25. The van der Waals surface area contributed by atoms with Gasteiger partial charge in [-0.05, 0) is 25.3 Å². The highest BCUT2D eigenvalue weighted by atomic mass is 16.5. The van der Waals surface area contributed by atoms with Gasteiger partial charge in [0.05, 0.1) is 11.6 Å². The zero-order chi connectivity index (χ0) is 13.6. The van der Waals surface area contributed by atoms with Gasteiger partial charge in [-0.25, -0.2) is 0 Å². The van der Waals surface area contributed by atoms with Gasteiger partial charge in [0.25, 0.3) is 0 Å². The van der Waals surface area contributed by atoms with E-state index in [-0.39, 0.29) is 5.54 Å². The molecule has 0 aliphatic heterocycles. The third-order valence-electron chi connectivity index (χ3n) is 4.80. The number of nitrogens with two attached hydrogens (primary N) is 1. The van der Waals surface area contributed by atoms with Gasteiger partial charge in [0.1, 0.15) is 0 Å². The van der Waals surface area contributed by atoms with Crippen molar-refractivity contribution in [2.75, 3.05) is 26.7 Å². The Morgan fingerprint density at radius 3 is 2.61 bits per heavy atom. The fourth-order valence-electron chi connectivity index (χ4n) is 3.38. The van der Waals surface area contributed by atoms with E-state index in [1.165, 1.54) is 25.7 Å². The molecule has 2 N–H and O–H groups in total. The van der Waals surface area contributed by atoms with Crippen LogP contribution in [0.15, 0.2) is 0 Å². The number of hydrogen-bond acceptors (Lipinski definition) is 3. The second-order valence-electron chi connectivity index (χ2n) is 5.83. The van der Waals surface area contributed by atoms with Crippen LogP contribution in [-0.4, -0.2) is 43.3 Å². The summed E-state index contributed by atoms with van der Waals surface area (Å²) in [5, 5.41) is 0. The Balaban J connectivity index is 2.86. The molecule has 108 valence electrons. The highest BCUT2D eigenvalue weighted by Crippen LogP contribution is 2.35.